The number of carbonyl (C=O) groups excluding carboxylic acids is 1. The summed E-state index contributed by atoms with van der Waals surface area (Å²) in [6, 6.07) is 7.27. The molecule has 4 rings (SSSR count). The standard InChI is InChI=1S/C15H7F2N3O2S2/c16-7-4-9-13(5-8(7)17)24-15(18-9)19-14(21)10-6-11(22-20-10)12-2-1-3-23-12/h1-6H,(H,18,19,21). The van der Waals surface area contributed by atoms with Crippen molar-refractivity contribution in [3.63, 3.8) is 0 Å². The van der Waals surface area contributed by atoms with Gasteiger partial charge in [-0.2, -0.15) is 0 Å². The highest BCUT2D eigenvalue weighted by Crippen LogP contribution is 2.29. The van der Waals surface area contributed by atoms with E-state index < -0.39 is 17.5 Å². The largest absolute Gasteiger partial charge is 0.355 e. The summed E-state index contributed by atoms with van der Waals surface area (Å²) >= 11 is 2.51. The van der Waals surface area contributed by atoms with Crippen LogP contribution in [0, 0.1) is 11.6 Å². The smallest absolute Gasteiger partial charge is 0.279 e. The Morgan fingerprint density at radius 2 is 2.04 bits per heavy atom. The fourth-order valence-corrected chi connectivity index (χ4v) is 3.60. The van der Waals surface area contributed by atoms with Crippen molar-refractivity contribution >= 4 is 43.9 Å². The van der Waals surface area contributed by atoms with Crippen LogP contribution in [0.2, 0.25) is 0 Å². The normalized spacial score (nSPS) is 11.1. The zero-order valence-electron chi connectivity index (χ0n) is 11.7. The highest BCUT2D eigenvalue weighted by molar-refractivity contribution is 7.22. The number of halogens is 2. The molecular weight excluding hydrogens is 356 g/mol. The van der Waals surface area contributed by atoms with Crippen LogP contribution in [0.3, 0.4) is 0 Å². The summed E-state index contributed by atoms with van der Waals surface area (Å²) in [5, 5.41) is 8.39. The number of hydrogen-bond donors (Lipinski definition) is 1. The van der Waals surface area contributed by atoms with E-state index in [0.717, 1.165) is 28.3 Å². The number of hydrogen-bond acceptors (Lipinski definition) is 6. The summed E-state index contributed by atoms with van der Waals surface area (Å²) in [4.78, 5) is 17.1. The van der Waals surface area contributed by atoms with Gasteiger partial charge in [0.05, 0.1) is 15.1 Å². The number of anilines is 1. The van der Waals surface area contributed by atoms with E-state index in [1.807, 2.05) is 17.5 Å². The molecule has 0 saturated carbocycles. The molecule has 120 valence electrons. The molecule has 0 aliphatic carbocycles. The summed E-state index contributed by atoms with van der Waals surface area (Å²) in [5.74, 6) is -1.96. The quantitative estimate of drug-likeness (QED) is 0.580. The zero-order valence-corrected chi connectivity index (χ0v) is 13.4. The number of carbonyl (C=O) groups is 1. The average Bonchev–Trinajstić information content (AvgIpc) is 3.27. The molecule has 1 N–H and O–H groups in total. The Bertz CT molecular complexity index is 1000. The Morgan fingerprint density at radius 1 is 1.21 bits per heavy atom. The number of aromatic nitrogens is 2. The van der Waals surface area contributed by atoms with Crippen LogP contribution in [0.5, 0.6) is 0 Å². The molecule has 3 aromatic heterocycles. The van der Waals surface area contributed by atoms with Gasteiger partial charge in [0, 0.05) is 12.1 Å². The molecule has 0 radical (unpaired) electrons. The van der Waals surface area contributed by atoms with Crippen molar-refractivity contribution in [1.29, 1.82) is 0 Å². The number of fused-ring (bicyclic) bond motifs is 1. The monoisotopic (exact) mass is 363 g/mol. The lowest BCUT2D eigenvalue weighted by Crippen LogP contribution is -2.11. The molecule has 0 unspecified atom stereocenters. The van der Waals surface area contributed by atoms with E-state index >= 15 is 0 Å². The molecule has 24 heavy (non-hydrogen) atoms. The lowest BCUT2D eigenvalue weighted by Gasteiger charge is -1.95. The van der Waals surface area contributed by atoms with Gasteiger partial charge in [-0.3, -0.25) is 10.1 Å². The van der Waals surface area contributed by atoms with Gasteiger partial charge in [0.15, 0.2) is 28.2 Å². The fraction of sp³-hybridized carbons (Fsp3) is 0. The second-order valence-electron chi connectivity index (χ2n) is 4.76. The Balaban J connectivity index is 1.58. The Kier molecular flexibility index (Phi) is 3.58. The van der Waals surface area contributed by atoms with Gasteiger partial charge in [-0.25, -0.2) is 13.8 Å². The van der Waals surface area contributed by atoms with E-state index in [-0.39, 0.29) is 16.3 Å². The minimum Gasteiger partial charge on any atom is -0.355 e. The lowest BCUT2D eigenvalue weighted by atomic mass is 10.3. The van der Waals surface area contributed by atoms with Gasteiger partial charge < -0.3 is 4.52 Å². The van der Waals surface area contributed by atoms with Crippen LogP contribution in [0.15, 0.2) is 40.2 Å². The predicted molar refractivity (Wildman–Crippen MR) is 87.3 cm³/mol. The molecule has 9 heteroatoms. The topological polar surface area (TPSA) is 68.0 Å². The van der Waals surface area contributed by atoms with E-state index in [2.05, 4.69) is 15.5 Å². The third-order valence-corrected chi connectivity index (χ3v) is 4.98. The van der Waals surface area contributed by atoms with E-state index in [1.165, 1.54) is 17.4 Å². The van der Waals surface area contributed by atoms with Crippen molar-refractivity contribution in [2.24, 2.45) is 0 Å². The Labute approximate surface area is 141 Å². The number of rotatable bonds is 3. The molecule has 0 aliphatic heterocycles. The molecule has 0 saturated heterocycles. The van der Waals surface area contributed by atoms with Crippen molar-refractivity contribution in [3.8, 4) is 10.6 Å². The van der Waals surface area contributed by atoms with Gasteiger partial charge in [0.2, 0.25) is 0 Å². The van der Waals surface area contributed by atoms with Crippen molar-refractivity contribution in [2.75, 3.05) is 5.32 Å². The SMILES string of the molecule is O=C(Nc1nc2cc(F)c(F)cc2s1)c1cc(-c2cccs2)on1. The second kappa shape index (κ2) is 5.77. The molecule has 0 fully saturated rings. The highest BCUT2D eigenvalue weighted by Gasteiger charge is 2.17. The summed E-state index contributed by atoms with van der Waals surface area (Å²) in [7, 11) is 0. The van der Waals surface area contributed by atoms with Crippen LogP contribution in [-0.2, 0) is 0 Å². The zero-order chi connectivity index (χ0) is 16.7. The van der Waals surface area contributed by atoms with E-state index in [9.17, 15) is 13.6 Å². The predicted octanol–water partition coefficient (Wildman–Crippen LogP) is 4.54. The molecular formula is C15H7F2N3O2S2. The molecule has 0 bridgehead atoms. The maximum absolute atomic E-state index is 13.2. The first-order chi connectivity index (χ1) is 11.6. The van der Waals surface area contributed by atoms with Crippen LogP contribution in [0.1, 0.15) is 10.5 Å². The van der Waals surface area contributed by atoms with Crippen LogP contribution in [0.4, 0.5) is 13.9 Å². The highest BCUT2D eigenvalue weighted by atomic mass is 32.1. The van der Waals surface area contributed by atoms with Gasteiger partial charge in [0.1, 0.15) is 0 Å². The second-order valence-corrected chi connectivity index (χ2v) is 6.74. The van der Waals surface area contributed by atoms with Crippen molar-refractivity contribution < 1.29 is 18.1 Å². The van der Waals surface area contributed by atoms with E-state index in [0.29, 0.717) is 10.5 Å². The van der Waals surface area contributed by atoms with Crippen LogP contribution < -0.4 is 5.32 Å². The fourth-order valence-electron chi connectivity index (χ4n) is 2.06. The van der Waals surface area contributed by atoms with E-state index in [1.54, 1.807) is 0 Å². The minimum absolute atomic E-state index is 0.0926. The summed E-state index contributed by atoms with van der Waals surface area (Å²) in [6.07, 6.45) is 0. The lowest BCUT2D eigenvalue weighted by molar-refractivity contribution is 0.101. The maximum atomic E-state index is 13.2. The number of nitrogens with zero attached hydrogens (tertiary/aromatic N) is 2. The first-order valence-corrected chi connectivity index (χ1v) is 8.37. The molecule has 1 aromatic carbocycles. The molecule has 3 heterocycles. The average molecular weight is 363 g/mol. The number of amides is 1. The molecule has 0 atom stereocenters. The number of nitrogens with one attached hydrogen (secondary N) is 1. The van der Waals surface area contributed by atoms with Crippen molar-refractivity contribution in [2.45, 2.75) is 0 Å². The summed E-state index contributed by atoms with van der Waals surface area (Å²) in [5.41, 5.74) is 0.364. The van der Waals surface area contributed by atoms with Gasteiger partial charge in [-0.05, 0) is 17.5 Å². The van der Waals surface area contributed by atoms with Gasteiger partial charge in [-0.15, -0.1) is 11.3 Å². The molecule has 0 aliphatic rings. The first kappa shape index (κ1) is 14.9. The summed E-state index contributed by atoms with van der Waals surface area (Å²) < 4.78 is 32.0. The third-order valence-electron chi connectivity index (χ3n) is 3.16. The third kappa shape index (κ3) is 2.68. The maximum Gasteiger partial charge on any atom is 0.279 e. The van der Waals surface area contributed by atoms with Gasteiger partial charge in [-0.1, -0.05) is 22.6 Å². The molecule has 0 spiro atoms. The number of thiazole rings is 1. The van der Waals surface area contributed by atoms with Crippen LogP contribution in [0.25, 0.3) is 20.9 Å². The summed E-state index contributed by atoms with van der Waals surface area (Å²) in [6.45, 7) is 0. The van der Waals surface area contributed by atoms with Crippen molar-refractivity contribution in [1.82, 2.24) is 10.1 Å². The van der Waals surface area contributed by atoms with E-state index in [4.69, 9.17) is 4.52 Å². The number of thiophene rings is 1. The van der Waals surface area contributed by atoms with Gasteiger partial charge in [0.25, 0.3) is 5.91 Å². The number of benzene rings is 1. The van der Waals surface area contributed by atoms with Crippen LogP contribution in [-0.4, -0.2) is 16.0 Å². The van der Waals surface area contributed by atoms with Gasteiger partial charge >= 0.3 is 0 Å². The van der Waals surface area contributed by atoms with Crippen molar-refractivity contribution in [3.05, 3.63) is 53.0 Å². The Morgan fingerprint density at radius 3 is 2.83 bits per heavy atom. The van der Waals surface area contributed by atoms with Crippen LogP contribution >= 0.6 is 22.7 Å². The molecule has 1 amide bonds. The molecule has 4 aromatic rings. The minimum atomic E-state index is -0.984. The molecule has 5 nitrogen and oxygen atoms in total. The first-order valence-electron chi connectivity index (χ1n) is 6.68. The Hall–Kier alpha value is -2.65.